The van der Waals surface area contributed by atoms with E-state index >= 15 is 0 Å². The summed E-state index contributed by atoms with van der Waals surface area (Å²) in [4.78, 5) is 12.8. The summed E-state index contributed by atoms with van der Waals surface area (Å²) >= 11 is 0. The van der Waals surface area contributed by atoms with Crippen LogP contribution in [0.3, 0.4) is 0 Å². The first kappa shape index (κ1) is 25.1. The van der Waals surface area contributed by atoms with E-state index in [2.05, 4.69) is 19.2 Å². The van der Waals surface area contributed by atoms with Crippen molar-refractivity contribution in [1.82, 2.24) is 0 Å². The number of carbonyl (C=O) groups is 1. The van der Waals surface area contributed by atoms with E-state index < -0.39 is 0 Å². The Bertz CT molecular complexity index is 1360. The van der Waals surface area contributed by atoms with E-state index in [1.807, 2.05) is 81.4 Å². The van der Waals surface area contributed by atoms with Crippen molar-refractivity contribution in [2.75, 3.05) is 18.5 Å². The Morgan fingerprint density at radius 2 is 1.67 bits per heavy atom. The summed E-state index contributed by atoms with van der Waals surface area (Å²) in [5, 5.41) is 3.91. The van der Waals surface area contributed by atoms with Crippen molar-refractivity contribution in [3.05, 3.63) is 84.1 Å². The molecule has 0 fully saturated rings. The molecule has 0 saturated carbocycles. The number of furan rings is 1. The predicted molar refractivity (Wildman–Crippen MR) is 147 cm³/mol. The fraction of sp³-hybridized carbons (Fsp3) is 0.258. The van der Waals surface area contributed by atoms with Gasteiger partial charge in [-0.25, -0.2) is 0 Å². The van der Waals surface area contributed by atoms with E-state index in [0.29, 0.717) is 24.9 Å². The van der Waals surface area contributed by atoms with Crippen LogP contribution < -0.4 is 14.8 Å². The highest BCUT2D eigenvalue weighted by molar-refractivity contribution is 6.05. The summed E-state index contributed by atoms with van der Waals surface area (Å²) < 4.78 is 17.4. The summed E-state index contributed by atoms with van der Waals surface area (Å²) in [5.41, 5.74) is 6.38. The van der Waals surface area contributed by atoms with Crippen LogP contribution in [0.15, 0.2) is 77.4 Å². The molecule has 1 amide bonds. The fourth-order valence-corrected chi connectivity index (χ4v) is 4.16. The molecule has 0 bridgehead atoms. The minimum atomic E-state index is -0.189. The second-order valence-electron chi connectivity index (χ2n) is 8.98. The van der Waals surface area contributed by atoms with Crippen LogP contribution in [0.25, 0.3) is 27.7 Å². The monoisotopic (exact) mass is 483 g/mol. The highest BCUT2D eigenvalue weighted by atomic mass is 16.5. The molecule has 0 spiro atoms. The SMILES string of the molecule is CCOc1ccc(-c2coc3cc(OCC)c(/C(C)=C/C(=O)Nc4ccc(C(C)C)cc4)cc23)cc1. The molecule has 186 valence electrons. The van der Waals surface area contributed by atoms with Gasteiger partial charge in [-0.2, -0.15) is 0 Å². The Balaban J connectivity index is 1.65. The van der Waals surface area contributed by atoms with Crippen molar-refractivity contribution in [2.45, 2.75) is 40.5 Å². The van der Waals surface area contributed by atoms with Crippen molar-refractivity contribution in [3.8, 4) is 22.6 Å². The van der Waals surface area contributed by atoms with Gasteiger partial charge in [0, 0.05) is 34.3 Å². The highest BCUT2D eigenvalue weighted by Gasteiger charge is 2.15. The fourth-order valence-electron chi connectivity index (χ4n) is 4.16. The van der Waals surface area contributed by atoms with E-state index in [1.54, 1.807) is 12.3 Å². The lowest BCUT2D eigenvalue weighted by Gasteiger charge is -2.12. The Kier molecular flexibility index (Phi) is 7.79. The molecule has 1 aromatic heterocycles. The number of hydrogen-bond donors (Lipinski definition) is 1. The predicted octanol–water partition coefficient (Wildman–Crippen LogP) is 8.06. The molecule has 5 nitrogen and oxygen atoms in total. The summed E-state index contributed by atoms with van der Waals surface area (Å²) in [7, 11) is 0. The van der Waals surface area contributed by atoms with Crippen molar-refractivity contribution >= 4 is 28.1 Å². The summed E-state index contributed by atoms with van der Waals surface area (Å²) in [6.07, 6.45) is 3.36. The van der Waals surface area contributed by atoms with Crippen LogP contribution in [0, 0.1) is 0 Å². The molecule has 0 aliphatic rings. The third-order valence-electron chi connectivity index (χ3n) is 6.07. The van der Waals surface area contributed by atoms with Gasteiger partial charge < -0.3 is 19.2 Å². The zero-order valence-corrected chi connectivity index (χ0v) is 21.6. The van der Waals surface area contributed by atoms with Gasteiger partial charge >= 0.3 is 0 Å². The molecule has 4 rings (SSSR count). The minimum absolute atomic E-state index is 0.189. The molecule has 1 heterocycles. The minimum Gasteiger partial charge on any atom is -0.494 e. The number of hydrogen-bond acceptors (Lipinski definition) is 4. The average Bonchev–Trinajstić information content (AvgIpc) is 3.27. The largest absolute Gasteiger partial charge is 0.494 e. The molecule has 0 radical (unpaired) electrons. The molecule has 1 N–H and O–H groups in total. The molecule has 4 aromatic rings. The van der Waals surface area contributed by atoms with Gasteiger partial charge in [-0.1, -0.05) is 38.1 Å². The van der Waals surface area contributed by atoms with Gasteiger partial charge in [-0.15, -0.1) is 0 Å². The maximum absolute atomic E-state index is 12.8. The molecule has 5 heteroatoms. The second-order valence-corrected chi connectivity index (χ2v) is 8.98. The van der Waals surface area contributed by atoms with Crippen LogP contribution >= 0.6 is 0 Å². The number of carbonyl (C=O) groups excluding carboxylic acids is 1. The molecular formula is C31H33NO4. The summed E-state index contributed by atoms with van der Waals surface area (Å²) in [5.74, 6) is 1.77. The number of nitrogens with one attached hydrogen (secondary N) is 1. The van der Waals surface area contributed by atoms with Gasteiger partial charge in [0.25, 0.3) is 0 Å². The van der Waals surface area contributed by atoms with E-state index in [4.69, 9.17) is 13.9 Å². The van der Waals surface area contributed by atoms with Gasteiger partial charge in [-0.05, 0) is 73.7 Å². The quantitative estimate of drug-likeness (QED) is 0.245. The Hall–Kier alpha value is -3.99. The first-order chi connectivity index (χ1) is 17.4. The van der Waals surface area contributed by atoms with Gasteiger partial charge in [0.15, 0.2) is 0 Å². The summed E-state index contributed by atoms with van der Waals surface area (Å²) in [6.45, 7) is 11.2. The van der Waals surface area contributed by atoms with E-state index in [-0.39, 0.29) is 5.91 Å². The third kappa shape index (κ3) is 5.62. The maximum atomic E-state index is 12.8. The van der Waals surface area contributed by atoms with E-state index in [9.17, 15) is 4.79 Å². The van der Waals surface area contributed by atoms with Crippen LogP contribution in [0.2, 0.25) is 0 Å². The first-order valence-electron chi connectivity index (χ1n) is 12.4. The first-order valence-corrected chi connectivity index (χ1v) is 12.4. The van der Waals surface area contributed by atoms with Crippen molar-refractivity contribution < 1.29 is 18.7 Å². The zero-order chi connectivity index (χ0) is 25.7. The molecular weight excluding hydrogens is 450 g/mol. The molecule has 0 aliphatic heterocycles. The Morgan fingerprint density at radius 3 is 2.31 bits per heavy atom. The number of amides is 1. The van der Waals surface area contributed by atoms with Crippen LogP contribution in [-0.2, 0) is 4.79 Å². The second kappa shape index (κ2) is 11.2. The standard InChI is InChI=1S/C31H33NO4/c1-6-34-25-14-10-23(11-15-25)28-19-36-30-18-29(35-7-2)26(17-27(28)30)21(5)16-31(33)32-24-12-8-22(9-13-24)20(3)4/h8-20H,6-7H2,1-5H3,(H,32,33)/b21-16+. The van der Waals surface area contributed by atoms with Gasteiger partial charge in [-0.3, -0.25) is 4.79 Å². The van der Waals surface area contributed by atoms with Crippen molar-refractivity contribution in [1.29, 1.82) is 0 Å². The average molecular weight is 484 g/mol. The number of allylic oxidation sites excluding steroid dienone is 1. The van der Waals surface area contributed by atoms with Crippen LogP contribution in [0.5, 0.6) is 11.5 Å². The molecule has 36 heavy (non-hydrogen) atoms. The number of benzene rings is 3. The van der Waals surface area contributed by atoms with Crippen molar-refractivity contribution in [2.24, 2.45) is 0 Å². The molecule has 3 aromatic carbocycles. The molecule has 0 aliphatic carbocycles. The zero-order valence-electron chi connectivity index (χ0n) is 21.6. The van der Waals surface area contributed by atoms with E-state index in [0.717, 1.165) is 44.7 Å². The summed E-state index contributed by atoms with van der Waals surface area (Å²) in [6, 6.07) is 19.8. The van der Waals surface area contributed by atoms with E-state index in [1.165, 1.54) is 5.56 Å². The maximum Gasteiger partial charge on any atom is 0.248 e. The normalized spacial score (nSPS) is 11.7. The van der Waals surface area contributed by atoms with Crippen LogP contribution in [0.4, 0.5) is 5.69 Å². The Labute approximate surface area is 212 Å². The van der Waals surface area contributed by atoms with Crippen molar-refractivity contribution in [3.63, 3.8) is 0 Å². The van der Waals surface area contributed by atoms with Crippen LogP contribution in [-0.4, -0.2) is 19.1 Å². The lowest BCUT2D eigenvalue weighted by Crippen LogP contribution is -2.09. The lowest BCUT2D eigenvalue weighted by atomic mass is 9.99. The molecule has 0 saturated heterocycles. The van der Waals surface area contributed by atoms with Crippen LogP contribution in [0.1, 0.15) is 51.7 Å². The smallest absolute Gasteiger partial charge is 0.248 e. The highest BCUT2D eigenvalue weighted by Crippen LogP contribution is 2.38. The van der Waals surface area contributed by atoms with Gasteiger partial charge in [0.2, 0.25) is 5.91 Å². The van der Waals surface area contributed by atoms with Gasteiger partial charge in [0.1, 0.15) is 17.1 Å². The van der Waals surface area contributed by atoms with Gasteiger partial charge in [0.05, 0.1) is 19.5 Å². The number of ether oxygens (including phenoxy) is 2. The molecule has 0 atom stereocenters. The number of anilines is 1. The molecule has 0 unspecified atom stereocenters. The topological polar surface area (TPSA) is 60.7 Å². The Morgan fingerprint density at radius 1 is 0.972 bits per heavy atom. The third-order valence-corrected chi connectivity index (χ3v) is 6.07. The number of fused-ring (bicyclic) bond motifs is 1. The number of rotatable bonds is 9. The lowest BCUT2D eigenvalue weighted by molar-refractivity contribution is -0.111.